The van der Waals surface area contributed by atoms with Crippen molar-refractivity contribution in [3.05, 3.63) is 11.6 Å². The van der Waals surface area contributed by atoms with Crippen LogP contribution in [0.15, 0.2) is 11.6 Å². The van der Waals surface area contributed by atoms with Crippen LogP contribution >= 0.6 is 0 Å². The van der Waals surface area contributed by atoms with Crippen molar-refractivity contribution in [1.82, 2.24) is 0 Å². The summed E-state index contributed by atoms with van der Waals surface area (Å²) in [6.45, 7) is 7.43. The monoisotopic (exact) mass is 516 g/mol. The van der Waals surface area contributed by atoms with Crippen molar-refractivity contribution < 1.29 is 33.6 Å². The van der Waals surface area contributed by atoms with Gasteiger partial charge in [0, 0.05) is 25.0 Å². The van der Waals surface area contributed by atoms with Crippen LogP contribution in [-0.2, 0) is 28.5 Å². The summed E-state index contributed by atoms with van der Waals surface area (Å²) in [7, 11) is 1.70. The lowest BCUT2D eigenvalue weighted by molar-refractivity contribution is -0.215. The number of carbonyl (C=O) groups excluding carboxylic acids is 1. The third kappa shape index (κ3) is 3.27. The molecule has 0 radical (unpaired) electrons. The molecule has 7 nitrogen and oxygen atoms in total. The van der Waals surface area contributed by atoms with Gasteiger partial charge in [-0.1, -0.05) is 13.8 Å². The van der Waals surface area contributed by atoms with Crippen molar-refractivity contribution in [3.8, 4) is 0 Å². The highest BCUT2D eigenvalue weighted by molar-refractivity contribution is 5.85. The Morgan fingerprint density at radius 1 is 1.08 bits per heavy atom. The van der Waals surface area contributed by atoms with Crippen LogP contribution in [0.3, 0.4) is 0 Å². The maximum atomic E-state index is 11.8. The van der Waals surface area contributed by atoms with Gasteiger partial charge in [-0.3, -0.25) is 0 Å². The SMILES string of the molecule is COC1CC(C(O)OC2CCC3(C)C(CCC45OC46CCC(C4=CC(=O)OC4)C6(C)CCC35)C2)OC1C. The lowest BCUT2D eigenvalue weighted by atomic mass is 9.44. The molecule has 7 heteroatoms. The van der Waals surface area contributed by atoms with Gasteiger partial charge >= 0.3 is 5.97 Å². The third-order valence-electron chi connectivity index (χ3n) is 12.6. The van der Waals surface area contributed by atoms with Gasteiger partial charge in [0.25, 0.3) is 0 Å². The van der Waals surface area contributed by atoms with Crippen molar-refractivity contribution in [3.63, 3.8) is 0 Å². The smallest absolute Gasteiger partial charge is 0.331 e. The van der Waals surface area contributed by atoms with Gasteiger partial charge in [-0.05, 0) is 93.5 Å². The average Bonchev–Trinajstić information content (AvgIpc) is 3.12. The molecule has 0 amide bonds. The Morgan fingerprint density at radius 3 is 2.65 bits per heavy atom. The van der Waals surface area contributed by atoms with Crippen molar-refractivity contribution >= 4 is 5.97 Å². The topological polar surface area (TPSA) is 86.8 Å². The van der Waals surface area contributed by atoms with Crippen LogP contribution in [0.2, 0.25) is 0 Å². The van der Waals surface area contributed by atoms with E-state index in [2.05, 4.69) is 13.8 Å². The minimum Gasteiger partial charge on any atom is -0.458 e. The van der Waals surface area contributed by atoms with E-state index < -0.39 is 6.29 Å². The first kappa shape index (κ1) is 25.0. The van der Waals surface area contributed by atoms with Crippen LogP contribution in [0.25, 0.3) is 0 Å². The lowest BCUT2D eigenvalue weighted by Crippen LogP contribution is -2.59. The van der Waals surface area contributed by atoms with Crippen LogP contribution in [0.5, 0.6) is 0 Å². The first-order valence-electron chi connectivity index (χ1n) is 14.7. The summed E-state index contributed by atoms with van der Waals surface area (Å²) < 4.78 is 30.0. The molecule has 0 bridgehead atoms. The van der Waals surface area contributed by atoms with Crippen molar-refractivity contribution in [2.45, 2.75) is 127 Å². The second-order valence-electron chi connectivity index (χ2n) is 13.8. The van der Waals surface area contributed by atoms with Gasteiger partial charge in [0.05, 0.1) is 18.3 Å². The number of carbonyl (C=O) groups is 1. The summed E-state index contributed by atoms with van der Waals surface area (Å²) in [5.74, 6) is 1.39. The van der Waals surface area contributed by atoms with Gasteiger partial charge in [0.1, 0.15) is 23.9 Å². The first-order chi connectivity index (χ1) is 17.7. The number of hydrogen-bond donors (Lipinski definition) is 1. The van der Waals surface area contributed by atoms with E-state index in [9.17, 15) is 9.90 Å². The van der Waals surface area contributed by atoms with Gasteiger partial charge in [-0.25, -0.2) is 4.79 Å². The summed E-state index contributed by atoms with van der Waals surface area (Å²) in [5.41, 5.74) is 1.50. The van der Waals surface area contributed by atoms with Crippen LogP contribution in [0.4, 0.5) is 0 Å². The number of ether oxygens (including phenoxy) is 5. The Morgan fingerprint density at radius 2 is 1.92 bits per heavy atom. The minimum atomic E-state index is -0.895. The third-order valence-corrected chi connectivity index (χ3v) is 12.6. The molecule has 2 saturated heterocycles. The second-order valence-corrected chi connectivity index (χ2v) is 13.8. The van der Waals surface area contributed by atoms with Crippen LogP contribution in [-0.4, -0.2) is 66.7 Å². The Hall–Kier alpha value is -0.990. The molecule has 7 rings (SSSR count). The molecule has 12 atom stereocenters. The average molecular weight is 517 g/mol. The molecular formula is C30H44O7. The van der Waals surface area contributed by atoms with Crippen LogP contribution < -0.4 is 0 Å². The van der Waals surface area contributed by atoms with Gasteiger partial charge in [-0.2, -0.15) is 0 Å². The van der Waals surface area contributed by atoms with E-state index >= 15 is 0 Å². The van der Waals surface area contributed by atoms with E-state index in [0.29, 0.717) is 30.8 Å². The molecule has 3 aliphatic heterocycles. The van der Waals surface area contributed by atoms with Crippen molar-refractivity contribution in [1.29, 1.82) is 0 Å². The highest BCUT2D eigenvalue weighted by Crippen LogP contribution is 2.81. The first-order valence-corrected chi connectivity index (χ1v) is 14.7. The van der Waals surface area contributed by atoms with E-state index in [4.69, 9.17) is 23.7 Å². The molecule has 7 aliphatic rings. The number of aliphatic hydroxyl groups is 1. The predicted octanol–water partition coefficient (Wildman–Crippen LogP) is 4.30. The maximum absolute atomic E-state index is 11.8. The van der Waals surface area contributed by atoms with Crippen LogP contribution in [0, 0.1) is 28.6 Å². The highest BCUT2D eigenvalue weighted by atomic mass is 16.6. The van der Waals surface area contributed by atoms with E-state index in [1.807, 2.05) is 6.92 Å². The van der Waals surface area contributed by atoms with Crippen molar-refractivity contribution in [2.75, 3.05) is 13.7 Å². The van der Waals surface area contributed by atoms with Crippen molar-refractivity contribution in [2.24, 2.45) is 28.6 Å². The zero-order valence-electron chi connectivity index (χ0n) is 22.9. The second kappa shape index (κ2) is 8.26. The molecule has 4 saturated carbocycles. The molecular weight excluding hydrogens is 472 g/mol. The number of methoxy groups -OCH3 is 1. The Bertz CT molecular complexity index is 996. The minimum absolute atomic E-state index is 0.000227. The highest BCUT2D eigenvalue weighted by Gasteiger charge is 2.86. The number of rotatable bonds is 5. The molecule has 0 aromatic carbocycles. The number of esters is 1. The van der Waals surface area contributed by atoms with E-state index in [1.165, 1.54) is 18.4 Å². The number of fused-ring (bicyclic) bond motifs is 2. The van der Waals surface area contributed by atoms with E-state index in [-0.39, 0.29) is 52.4 Å². The van der Waals surface area contributed by atoms with Gasteiger partial charge in [0.15, 0.2) is 6.29 Å². The number of aliphatic hydroxyl groups excluding tert-OH is 1. The van der Waals surface area contributed by atoms with Crippen LogP contribution in [0.1, 0.15) is 85.0 Å². The molecule has 0 aromatic rings. The summed E-state index contributed by atoms with van der Waals surface area (Å²) >= 11 is 0. The summed E-state index contributed by atoms with van der Waals surface area (Å²) in [6.07, 6.45) is 11.3. The number of cyclic esters (lactones) is 1. The van der Waals surface area contributed by atoms with Gasteiger partial charge in [-0.15, -0.1) is 0 Å². The summed E-state index contributed by atoms with van der Waals surface area (Å²) in [6, 6.07) is 0. The van der Waals surface area contributed by atoms with E-state index in [0.717, 1.165) is 44.9 Å². The summed E-state index contributed by atoms with van der Waals surface area (Å²) in [5, 5.41) is 10.8. The fraction of sp³-hybridized carbons (Fsp3) is 0.900. The molecule has 0 aromatic heterocycles. The molecule has 206 valence electrons. The molecule has 4 aliphatic carbocycles. The zero-order chi connectivity index (χ0) is 25.8. The largest absolute Gasteiger partial charge is 0.458 e. The Kier molecular flexibility index (Phi) is 5.58. The molecule has 2 spiro atoms. The molecule has 6 fully saturated rings. The molecule has 12 unspecified atom stereocenters. The lowest BCUT2D eigenvalue weighted by Gasteiger charge is -2.58. The van der Waals surface area contributed by atoms with Gasteiger partial charge in [0.2, 0.25) is 0 Å². The fourth-order valence-corrected chi connectivity index (χ4v) is 10.7. The molecule has 37 heavy (non-hydrogen) atoms. The normalized spacial score (nSPS) is 55.0. The Labute approximate surface area is 220 Å². The molecule has 3 heterocycles. The predicted molar refractivity (Wildman–Crippen MR) is 134 cm³/mol. The summed E-state index contributed by atoms with van der Waals surface area (Å²) in [4.78, 5) is 11.8. The van der Waals surface area contributed by atoms with E-state index in [1.54, 1.807) is 13.2 Å². The maximum Gasteiger partial charge on any atom is 0.331 e. The molecule has 1 N–H and O–H groups in total. The number of hydrogen-bond acceptors (Lipinski definition) is 7. The number of epoxide rings is 1. The van der Waals surface area contributed by atoms with Gasteiger partial charge < -0.3 is 28.8 Å². The quantitative estimate of drug-likeness (QED) is 0.331. The standard InChI is InChI=1S/C30H44O7/c1-17-22(33-4)15-23(35-17)26(32)36-20-6-9-27(2)19(14-20)5-11-29-24(27)8-10-28(3)21(7-12-30(28,29)37-29)18-13-25(31)34-16-18/h13,17,19-24,26,32H,5-12,14-16H2,1-4H3. The Balaban J connectivity index is 1.05. The zero-order valence-corrected chi connectivity index (χ0v) is 22.9. The fourth-order valence-electron chi connectivity index (χ4n) is 10.7.